The van der Waals surface area contributed by atoms with Gasteiger partial charge in [0.15, 0.2) is 0 Å². The largest absolute Gasteiger partial charge is 0.494 e. The van der Waals surface area contributed by atoms with Gasteiger partial charge in [0.1, 0.15) is 5.75 Å². The molecule has 0 fully saturated rings. The molecule has 2 aromatic carbocycles. The van der Waals surface area contributed by atoms with Gasteiger partial charge in [-0.3, -0.25) is 0 Å². The molecule has 0 aromatic heterocycles. The molecular formula is C14H13NO3. The minimum atomic E-state index is -1.01. The van der Waals surface area contributed by atoms with Gasteiger partial charge in [-0.25, -0.2) is 4.79 Å². The van der Waals surface area contributed by atoms with Crippen molar-refractivity contribution in [3.8, 4) is 16.9 Å². The highest BCUT2D eigenvalue weighted by molar-refractivity contribution is 5.99. The lowest BCUT2D eigenvalue weighted by molar-refractivity contribution is 0.0697. The van der Waals surface area contributed by atoms with E-state index in [2.05, 4.69) is 0 Å². The lowest BCUT2D eigenvalue weighted by Gasteiger charge is -2.14. The summed E-state index contributed by atoms with van der Waals surface area (Å²) in [5, 5.41) is 9.24. The second-order valence-corrected chi connectivity index (χ2v) is 3.78. The Labute approximate surface area is 105 Å². The van der Waals surface area contributed by atoms with Crippen LogP contribution >= 0.6 is 0 Å². The maximum Gasteiger partial charge on any atom is 0.336 e. The third-order valence-electron chi connectivity index (χ3n) is 2.69. The summed E-state index contributed by atoms with van der Waals surface area (Å²) in [6.45, 7) is 0. The molecule has 0 aliphatic rings. The number of methoxy groups -OCH3 is 1. The van der Waals surface area contributed by atoms with Gasteiger partial charge in [0.05, 0.1) is 18.4 Å². The zero-order chi connectivity index (χ0) is 13.1. The zero-order valence-electron chi connectivity index (χ0n) is 9.88. The van der Waals surface area contributed by atoms with Crippen molar-refractivity contribution >= 4 is 11.7 Å². The Kier molecular flexibility index (Phi) is 3.19. The molecule has 4 heteroatoms. The van der Waals surface area contributed by atoms with Gasteiger partial charge in [0, 0.05) is 5.56 Å². The normalized spacial score (nSPS) is 10.1. The zero-order valence-corrected chi connectivity index (χ0v) is 9.88. The molecule has 0 radical (unpaired) electrons. The fourth-order valence-electron chi connectivity index (χ4n) is 1.89. The van der Waals surface area contributed by atoms with Crippen LogP contribution in [0.25, 0.3) is 11.1 Å². The highest BCUT2D eigenvalue weighted by Crippen LogP contribution is 2.37. The molecule has 0 spiro atoms. The average Bonchev–Trinajstić information content (AvgIpc) is 2.39. The molecule has 0 saturated heterocycles. The Bertz CT molecular complexity index is 579. The van der Waals surface area contributed by atoms with E-state index in [4.69, 9.17) is 10.5 Å². The van der Waals surface area contributed by atoms with Gasteiger partial charge >= 0.3 is 5.97 Å². The van der Waals surface area contributed by atoms with E-state index in [1.54, 1.807) is 0 Å². The molecule has 0 amide bonds. The van der Waals surface area contributed by atoms with Crippen molar-refractivity contribution in [3.63, 3.8) is 0 Å². The monoisotopic (exact) mass is 243 g/mol. The third kappa shape index (κ3) is 2.00. The predicted molar refractivity (Wildman–Crippen MR) is 69.8 cm³/mol. The number of nitrogens with two attached hydrogens (primary N) is 1. The molecule has 0 saturated carbocycles. The van der Waals surface area contributed by atoms with Gasteiger partial charge in [-0.2, -0.15) is 0 Å². The molecule has 3 N–H and O–H groups in total. The number of carboxylic acids is 1. The number of hydrogen-bond acceptors (Lipinski definition) is 3. The van der Waals surface area contributed by atoms with Gasteiger partial charge in [-0.15, -0.1) is 0 Å². The molecule has 0 atom stereocenters. The first-order valence-electron chi connectivity index (χ1n) is 5.40. The minimum Gasteiger partial charge on any atom is -0.494 e. The first kappa shape index (κ1) is 12.0. The fraction of sp³-hybridized carbons (Fsp3) is 0.0714. The van der Waals surface area contributed by atoms with Crippen molar-refractivity contribution in [2.24, 2.45) is 0 Å². The smallest absolute Gasteiger partial charge is 0.336 e. The second-order valence-electron chi connectivity index (χ2n) is 3.78. The van der Waals surface area contributed by atoms with E-state index in [9.17, 15) is 9.90 Å². The van der Waals surface area contributed by atoms with Crippen LogP contribution < -0.4 is 10.5 Å². The second kappa shape index (κ2) is 4.79. The van der Waals surface area contributed by atoms with Gasteiger partial charge in [-0.1, -0.05) is 30.3 Å². The van der Waals surface area contributed by atoms with Crippen molar-refractivity contribution < 1.29 is 14.6 Å². The first-order chi connectivity index (χ1) is 8.65. The molecule has 4 nitrogen and oxygen atoms in total. The van der Waals surface area contributed by atoms with Gasteiger partial charge < -0.3 is 15.6 Å². The number of nitrogen functional groups attached to an aromatic ring is 1. The molecule has 0 aliphatic carbocycles. The Balaban J connectivity index is 2.77. The van der Waals surface area contributed by atoms with Crippen LogP contribution in [-0.4, -0.2) is 18.2 Å². The van der Waals surface area contributed by atoms with Crippen molar-refractivity contribution in [2.45, 2.75) is 0 Å². The van der Waals surface area contributed by atoms with Gasteiger partial charge in [-0.05, 0) is 17.7 Å². The van der Waals surface area contributed by atoms with Crippen LogP contribution in [0.15, 0.2) is 42.5 Å². The first-order valence-corrected chi connectivity index (χ1v) is 5.40. The van der Waals surface area contributed by atoms with E-state index in [1.807, 2.05) is 30.3 Å². The summed E-state index contributed by atoms with van der Waals surface area (Å²) in [5.41, 5.74) is 7.68. The van der Waals surface area contributed by atoms with Crippen LogP contribution in [0.1, 0.15) is 10.4 Å². The van der Waals surface area contributed by atoms with Crippen LogP contribution in [0.2, 0.25) is 0 Å². The Morgan fingerprint density at radius 3 is 2.39 bits per heavy atom. The Morgan fingerprint density at radius 2 is 1.83 bits per heavy atom. The number of anilines is 1. The van der Waals surface area contributed by atoms with E-state index >= 15 is 0 Å². The maximum atomic E-state index is 11.3. The highest BCUT2D eigenvalue weighted by atomic mass is 16.5. The summed E-state index contributed by atoms with van der Waals surface area (Å²) in [7, 11) is 1.48. The summed E-state index contributed by atoms with van der Waals surface area (Å²) in [4.78, 5) is 11.3. The van der Waals surface area contributed by atoms with Crippen LogP contribution in [0.4, 0.5) is 5.69 Å². The minimum absolute atomic E-state index is 0.173. The van der Waals surface area contributed by atoms with Crippen LogP contribution in [0.5, 0.6) is 5.75 Å². The third-order valence-corrected chi connectivity index (χ3v) is 2.69. The van der Waals surface area contributed by atoms with Gasteiger partial charge in [0.2, 0.25) is 0 Å². The van der Waals surface area contributed by atoms with Crippen molar-refractivity contribution in [3.05, 3.63) is 48.0 Å². The molecule has 2 rings (SSSR count). The number of aromatic carboxylic acids is 1. The molecule has 92 valence electrons. The number of ether oxygens (including phenoxy) is 1. The quantitative estimate of drug-likeness (QED) is 0.813. The topological polar surface area (TPSA) is 72.5 Å². The molecule has 2 aromatic rings. The molecular weight excluding hydrogens is 230 g/mol. The summed E-state index contributed by atoms with van der Waals surface area (Å²) in [6.07, 6.45) is 0. The van der Waals surface area contributed by atoms with E-state index in [0.717, 1.165) is 5.56 Å². The Morgan fingerprint density at radius 1 is 1.17 bits per heavy atom. The molecule has 0 aliphatic heterocycles. The molecule has 18 heavy (non-hydrogen) atoms. The van der Waals surface area contributed by atoms with E-state index in [1.165, 1.54) is 19.2 Å². The highest BCUT2D eigenvalue weighted by Gasteiger charge is 2.18. The predicted octanol–water partition coefficient (Wildman–Crippen LogP) is 2.64. The number of carbonyl (C=O) groups is 1. The number of carboxylic acid groups (broad SMARTS) is 1. The van der Waals surface area contributed by atoms with Crippen LogP contribution in [0.3, 0.4) is 0 Å². The van der Waals surface area contributed by atoms with Crippen molar-refractivity contribution in [1.29, 1.82) is 0 Å². The van der Waals surface area contributed by atoms with Crippen LogP contribution in [0, 0.1) is 0 Å². The van der Waals surface area contributed by atoms with Crippen molar-refractivity contribution in [1.82, 2.24) is 0 Å². The van der Waals surface area contributed by atoms with E-state index < -0.39 is 5.97 Å². The lowest BCUT2D eigenvalue weighted by atomic mass is 9.97. The molecule has 0 unspecified atom stereocenters. The van der Waals surface area contributed by atoms with Crippen LogP contribution in [-0.2, 0) is 0 Å². The molecule has 0 bridgehead atoms. The van der Waals surface area contributed by atoms with Crippen molar-refractivity contribution in [2.75, 3.05) is 12.8 Å². The molecule has 0 heterocycles. The maximum absolute atomic E-state index is 11.3. The summed E-state index contributed by atoms with van der Waals surface area (Å²) in [5.74, 6) is -0.617. The average molecular weight is 243 g/mol. The summed E-state index contributed by atoms with van der Waals surface area (Å²) >= 11 is 0. The summed E-state index contributed by atoms with van der Waals surface area (Å²) in [6, 6.07) is 12.2. The van der Waals surface area contributed by atoms with E-state index in [0.29, 0.717) is 17.0 Å². The standard InChI is InChI=1S/C14H13NO3/c1-18-13-11(15)8-7-10(14(16)17)12(13)9-5-3-2-4-6-9/h2-8H,15H2,1H3,(H,16,17). The van der Waals surface area contributed by atoms with Gasteiger partial charge in [0.25, 0.3) is 0 Å². The number of hydrogen-bond donors (Lipinski definition) is 2. The number of rotatable bonds is 3. The Hall–Kier alpha value is -2.49. The SMILES string of the molecule is COc1c(N)ccc(C(=O)O)c1-c1ccccc1. The fourth-order valence-corrected chi connectivity index (χ4v) is 1.89. The van der Waals surface area contributed by atoms with E-state index in [-0.39, 0.29) is 5.56 Å². The summed E-state index contributed by atoms with van der Waals surface area (Å²) < 4.78 is 5.23. The number of benzene rings is 2. The lowest BCUT2D eigenvalue weighted by Crippen LogP contribution is -2.04.